The van der Waals surface area contributed by atoms with E-state index in [1.165, 1.54) is 0 Å². The molecule has 0 amide bonds. The normalized spacial score (nSPS) is 21.8. The first-order valence-corrected chi connectivity index (χ1v) is 4.66. The van der Waals surface area contributed by atoms with E-state index in [0.717, 1.165) is 13.1 Å². The van der Waals surface area contributed by atoms with E-state index in [9.17, 15) is 4.57 Å². The molecular weight excluding hydrogens is 155 g/mol. The van der Waals surface area contributed by atoms with Crippen molar-refractivity contribution in [2.45, 2.75) is 6.35 Å². The molecule has 10 heavy (non-hydrogen) atoms. The van der Waals surface area contributed by atoms with Crippen molar-refractivity contribution in [1.82, 2.24) is 10.6 Å². The van der Waals surface area contributed by atoms with E-state index in [-0.39, 0.29) is 0 Å². The van der Waals surface area contributed by atoms with Crippen molar-refractivity contribution >= 4 is 7.67 Å². The minimum Gasteiger partial charge on any atom is -0.278 e. The maximum atomic E-state index is 10.6. The van der Waals surface area contributed by atoms with Crippen LogP contribution in [0.2, 0.25) is 0 Å². The van der Waals surface area contributed by atoms with Crippen LogP contribution in [0.3, 0.4) is 0 Å². The summed E-state index contributed by atoms with van der Waals surface area (Å²) in [5, 5.41) is 5.70. The van der Waals surface area contributed by atoms with Gasteiger partial charge in [0.05, 0.1) is 0 Å². The van der Waals surface area contributed by atoms with Gasteiger partial charge < -0.3 is 0 Å². The minimum atomic E-state index is -3.34. The van der Waals surface area contributed by atoms with Gasteiger partial charge in [0.15, 0.2) is 6.35 Å². The highest BCUT2D eigenvalue weighted by Crippen LogP contribution is 2.27. The van der Waals surface area contributed by atoms with Crippen molar-refractivity contribution in [3.63, 3.8) is 0 Å². The molecule has 0 aromatic carbocycles. The van der Waals surface area contributed by atoms with Crippen molar-refractivity contribution in [3.8, 4) is 0 Å². The lowest BCUT2D eigenvalue weighted by Crippen LogP contribution is -2.35. The molecule has 0 spiro atoms. The Balaban J connectivity index is 2.31. The lowest BCUT2D eigenvalue weighted by atomic mass is 10.7. The first-order chi connectivity index (χ1) is 4.58. The van der Waals surface area contributed by atoms with Crippen molar-refractivity contribution < 1.29 is 9.09 Å². The Morgan fingerprint density at radius 2 is 1.90 bits per heavy atom. The Morgan fingerprint density at radius 1 is 1.40 bits per heavy atom. The molecular formula is C3H11N4O2P. The molecule has 1 fully saturated rings. The molecule has 1 aliphatic heterocycles. The summed E-state index contributed by atoms with van der Waals surface area (Å²) in [6, 6.07) is 0. The van der Waals surface area contributed by atoms with E-state index in [2.05, 4.69) is 15.2 Å². The highest BCUT2D eigenvalue weighted by molar-refractivity contribution is 7.53. The van der Waals surface area contributed by atoms with Crippen LogP contribution in [0.4, 0.5) is 0 Å². The molecule has 60 valence electrons. The van der Waals surface area contributed by atoms with Gasteiger partial charge in [0, 0.05) is 13.1 Å². The molecule has 1 saturated heterocycles. The SMILES string of the molecule is NP(N)(=O)OC1NCCN1. The van der Waals surface area contributed by atoms with Gasteiger partial charge in [-0.25, -0.2) is 11.0 Å². The average molecular weight is 166 g/mol. The second kappa shape index (κ2) is 2.96. The molecule has 1 aliphatic rings. The van der Waals surface area contributed by atoms with Gasteiger partial charge in [0.25, 0.3) is 0 Å². The zero-order chi connectivity index (χ0) is 7.61. The molecule has 0 atom stereocenters. The second-order valence-corrected chi connectivity index (χ2v) is 3.54. The molecule has 0 radical (unpaired) electrons. The summed E-state index contributed by atoms with van der Waals surface area (Å²) in [6.45, 7) is 1.54. The summed E-state index contributed by atoms with van der Waals surface area (Å²) >= 11 is 0. The number of rotatable bonds is 2. The van der Waals surface area contributed by atoms with Crippen LogP contribution >= 0.6 is 7.67 Å². The average Bonchev–Trinajstić information content (AvgIpc) is 2.12. The maximum absolute atomic E-state index is 10.6. The standard InChI is InChI=1S/C3H11N4O2P/c4-10(5,8)9-3-6-1-2-7-3/h3,6-7H,1-2H2,(H4,4,5,8). The van der Waals surface area contributed by atoms with Crippen LogP contribution in [-0.4, -0.2) is 19.4 Å². The first kappa shape index (κ1) is 8.13. The van der Waals surface area contributed by atoms with Crippen LogP contribution in [-0.2, 0) is 9.09 Å². The van der Waals surface area contributed by atoms with Gasteiger partial charge in [-0.2, -0.15) is 0 Å². The molecule has 1 rings (SSSR count). The van der Waals surface area contributed by atoms with Gasteiger partial charge in [-0.3, -0.25) is 19.7 Å². The summed E-state index contributed by atoms with van der Waals surface area (Å²) in [4.78, 5) is 0. The van der Waals surface area contributed by atoms with Gasteiger partial charge in [-0.1, -0.05) is 0 Å². The van der Waals surface area contributed by atoms with E-state index in [1.807, 2.05) is 0 Å². The molecule has 0 aromatic rings. The van der Waals surface area contributed by atoms with E-state index >= 15 is 0 Å². The van der Waals surface area contributed by atoms with Crippen LogP contribution < -0.4 is 21.6 Å². The number of hydrogen-bond donors (Lipinski definition) is 4. The van der Waals surface area contributed by atoms with Gasteiger partial charge in [-0.15, -0.1) is 0 Å². The lowest BCUT2D eigenvalue weighted by molar-refractivity contribution is 0.168. The zero-order valence-corrected chi connectivity index (χ0v) is 6.30. The summed E-state index contributed by atoms with van der Waals surface area (Å²) in [6.07, 6.45) is -0.458. The summed E-state index contributed by atoms with van der Waals surface area (Å²) in [7, 11) is -3.34. The molecule has 0 aliphatic carbocycles. The lowest BCUT2D eigenvalue weighted by Gasteiger charge is -2.13. The Morgan fingerprint density at radius 3 is 2.30 bits per heavy atom. The van der Waals surface area contributed by atoms with E-state index in [0.29, 0.717) is 0 Å². The van der Waals surface area contributed by atoms with E-state index in [1.54, 1.807) is 0 Å². The van der Waals surface area contributed by atoms with Crippen LogP contribution in [0.15, 0.2) is 0 Å². The molecule has 0 unspecified atom stereocenters. The molecule has 0 bridgehead atoms. The topological polar surface area (TPSA) is 102 Å². The molecule has 7 heteroatoms. The van der Waals surface area contributed by atoms with Gasteiger partial charge in [0.2, 0.25) is 0 Å². The summed E-state index contributed by atoms with van der Waals surface area (Å²) in [5.74, 6) is 0. The maximum Gasteiger partial charge on any atom is 0.338 e. The Kier molecular flexibility index (Phi) is 2.40. The number of hydrogen-bond acceptors (Lipinski definition) is 4. The monoisotopic (exact) mass is 166 g/mol. The zero-order valence-electron chi connectivity index (χ0n) is 5.41. The van der Waals surface area contributed by atoms with Gasteiger partial charge >= 0.3 is 7.67 Å². The third-order valence-electron chi connectivity index (χ3n) is 1.05. The predicted molar refractivity (Wildman–Crippen MR) is 36.9 cm³/mol. The predicted octanol–water partition coefficient (Wildman–Crippen LogP) is -1.50. The summed E-state index contributed by atoms with van der Waals surface area (Å²) < 4.78 is 15.3. The van der Waals surface area contributed by atoms with Crippen molar-refractivity contribution in [3.05, 3.63) is 0 Å². The van der Waals surface area contributed by atoms with Crippen LogP contribution in [0, 0.1) is 0 Å². The van der Waals surface area contributed by atoms with E-state index in [4.69, 9.17) is 11.0 Å². The third-order valence-corrected chi connectivity index (χ3v) is 1.59. The highest BCUT2D eigenvalue weighted by atomic mass is 31.2. The quantitative estimate of drug-likeness (QED) is 0.372. The fraction of sp³-hybridized carbons (Fsp3) is 1.00. The smallest absolute Gasteiger partial charge is 0.278 e. The Bertz CT molecular complexity index is 151. The molecule has 6 N–H and O–H groups in total. The van der Waals surface area contributed by atoms with Crippen molar-refractivity contribution in [2.24, 2.45) is 11.0 Å². The van der Waals surface area contributed by atoms with Crippen LogP contribution in [0.5, 0.6) is 0 Å². The highest BCUT2D eigenvalue weighted by Gasteiger charge is 2.20. The summed E-state index contributed by atoms with van der Waals surface area (Å²) in [5.41, 5.74) is 9.89. The fourth-order valence-corrected chi connectivity index (χ4v) is 1.20. The largest absolute Gasteiger partial charge is 0.338 e. The number of nitrogens with one attached hydrogen (secondary N) is 2. The molecule has 0 aromatic heterocycles. The Labute approximate surface area is 58.8 Å². The van der Waals surface area contributed by atoms with Gasteiger partial charge in [-0.05, 0) is 0 Å². The second-order valence-electron chi connectivity index (χ2n) is 2.04. The Hall–Kier alpha value is 0.0300. The van der Waals surface area contributed by atoms with Crippen molar-refractivity contribution in [2.75, 3.05) is 13.1 Å². The molecule has 0 saturated carbocycles. The molecule has 1 heterocycles. The fourth-order valence-electron chi connectivity index (χ4n) is 0.718. The third kappa shape index (κ3) is 2.74. The molecule has 6 nitrogen and oxygen atoms in total. The van der Waals surface area contributed by atoms with Crippen molar-refractivity contribution in [1.29, 1.82) is 0 Å². The minimum absolute atomic E-state index is 0.458. The van der Waals surface area contributed by atoms with Gasteiger partial charge in [0.1, 0.15) is 0 Å². The number of nitrogens with two attached hydrogens (primary N) is 2. The first-order valence-electron chi connectivity index (χ1n) is 2.90. The van der Waals surface area contributed by atoms with E-state index < -0.39 is 14.0 Å². The van der Waals surface area contributed by atoms with Crippen LogP contribution in [0.1, 0.15) is 0 Å². The van der Waals surface area contributed by atoms with Crippen LogP contribution in [0.25, 0.3) is 0 Å².